The summed E-state index contributed by atoms with van der Waals surface area (Å²) in [5, 5.41) is -0.613. The fourth-order valence-electron chi connectivity index (χ4n) is 0.373. The van der Waals surface area contributed by atoms with Crippen molar-refractivity contribution < 1.29 is 8.76 Å². The van der Waals surface area contributed by atoms with Gasteiger partial charge in [0, 0.05) is 5.25 Å². The Bertz CT molecular complexity index is 163. The SMILES string of the molecule is CC(S(=O)[O-])C(C)(C)N(Cl)Cl. The van der Waals surface area contributed by atoms with Crippen LogP contribution in [0.25, 0.3) is 0 Å². The third-order valence-corrected chi connectivity index (χ3v) is 3.74. The quantitative estimate of drug-likeness (QED) is 0.535. The van der Waals surface area contributed by atoms with Gasteiger partial charge in [0.25, 0.3) is 0 Å². The molecule has 0 aromatic carbocycles. The van der Waals surface area contributed by atoms with Crippen LogP contribution >= 0.6 is 23.6 Å². The van der Waals surface area contributed by atoms with E-state index in [-0.39, 0.29) is 0 Å². The molecule has 0 N–H and O–H groups in total. The van der Waals surface area contributed by atoms with Crippen molar-refractivity contribution >= 4 is 34.6 Å². The monoisotopic (exact) mass is 218 g/mol. The Balaban J connectivity index is 4.41. The molecule has 68 valence electrons. The van der Waals surface area contributed by atoms with Gasteiger partial charge in [-0.15, -0.1) is 3.94 Å². The summed E-state index contributed by atoms with van der Waals surface area (Å²) >= 11 is 8.71. The molecule has 0 spiro atoms. The number of rotatable bonds is 3. The van der Waals surface area contributed by atoms with Crippen molar-refractivity contribution in [3.8, 4) is 0 Å². The van der Waals surface area contributed by atoms with E-state index in [0.717, 1.165) is 3.94 Å². The second kappa shape index (κ2) is 4.05. The van der Waals surface area contributed by atoms with E-state index in [1.807, 2.05) is 0 Å². The molecule has 11 heavy (non-hydrogen) atoms. The normalized spacial score (nSPS) is 18.5. The number of hydrogen-bond acceptors (Lipinski definition) is 3. The van der Waals surface area contributed by atoms with Crippen molar-refractivity contribution in [1.29, 1.82) is 0 Å². The van der Waals surface area contributed by atoms with E-state index in [9.17, 15) is 8.76 Å². The summed E-state index contributed by atoms with van der Waals surface area (Å²) < 4.78 is 21.9. The lowest BCUT2D eigenvalue weighted by Crippen LogP contribution is -2.44. The van der Waals surface area contributed by atoms with Crippen LogP contribution in [-0.4, -0.2) is 23.5 Å². The van der Waals surface area contributed by atoms with Crippen molar-refractivity contribution in [2.45, 2.75) is 31.6 Å². The molecule has 0 aromatic rings. The van der Waals surface area contributed by atoms with E-state index in [1.165, 1.54) is 0 Å². The Kier molecular flexibility index (Phi) is 4.29. The van der Waals surface area contributed by atoms with Gasteiger partial charge in [0.05, 0.1) is 5.54 Å². The van der Waals surface area contributed by atoms with Crippen LogP contribution in [0.3, 0.4) is 0 Å². The Morgan fingerprint density at radius 2 is 1.91 bits per heavy atom. The van der Waals surface area contributed by atoms with E-state index in [4.69, 9.17) is 23.6 Å². The molecule has 6 heteroatoms. The minimum atomic E-state index is -2.16. The van der Waals surface area contributed by atoms with Gasteiger partial charge in [-0.1, -0.05) is 18.0 Å². The summed E-state index contributed by atoms with van der Waals surface area (Å²) in [7, 11) is 0. The van der Waals surface area contributed by atoms with Crippen LogP contribution in [0.2, 0.25) is 0 Å². The third-order valence-electron chi connectivity index (χ3n) is 1.72. The van der Waals surface area contributed by atoms with Crippen molar-refractivity contribution in [2.75, 3.05) is 0 Å². The van der Waals surface area contributed by atoms with Gasteiger partial charge in [-0.05, 0) is 37.4 Å². The highest BCUT2D eigenvalue weighted by molar-refractivity contribution is 7.79. The zero-order valence-electron chi connectivity index (χ0n) is 6.51. The molecule has 0 radical (unpaired) electrons. The summed E-state index contributed by atoms with van der Waals surface area (Å²) in [5.74, 6) is 0. The second-order valence-electron chi connectivity index (χ2n) is 2.79. The first-order chi connectivity index (χ1) is 4.80. The molecule has 0 amide bonds. The zero-order chi connectivity index (χ0) is 9.23. The van der Waals surface area contributed by atoms with Crippen LogP contribution in [0, 0.1) is 0 Å². The van der Waals surface area contributed by atoms with Crippen LogP contribution < -0.4 is 0 Å². The van der Waals surface area contributed by atoms with Crippen molar-refractivity contribution in [3.05, 3.63) is 0 Å². The lowest BCUT2D eigenvalue weighted by Gasteiger charge is -2.34. The molecule has 2 unspecified atom stereocenters. The van der Waals surface area contributed by atoms with E-state index < -0.39 is 21.9 Å². The molecule has 0 heterocycles. The predicted molar refractivity (Wildman–Crippen MR) is 46.0 cm³/mol. The summed E-state index contributed by atoms with van der Waals surface area (Å²) in [5.41, 5.74) is -0.768. The molecule has 0 aliphatic rings. The van der Waals surface area contributed by atoms with Gasteiger partial charge in [-0.3, -0.25) is 4.21 Å². The highest BCUT2D eigenvalue weighted by atomic mass is 35.5. The molecule has 0 rings (SSSR count). The highest BCUT2D eigenvalue weighted by Crippen LogP contribution is 2.25. The van der Waals surface area contributed by atoms with Gasteiger partial charge in [-0.25, -0.2) is 0 Å². The number of hydrogen-bond donors (Lipinski definition) is 0. The average Bonchev–Trinajstić information content (AvgIpc) is 1.85. The van der Waals surface area contributed by atoms with E-state index >= 15 is 0 Å². The largest absolute Gasteiger partial charge is 0.772 e. The topological polar surface area (TPSA) is 43.4 Å². The molecular formula is C5H10Cl2NO2S-. The molecule has 0 aromatic heterocycles. The lowest BCUT2D eigenvalue weighted by atomic mass is 10.0. The van der Waals surface area contributed by atoms with E-state index in [1.54, 1.807) is 20.8 Å². The molecule has 3 nitrogen and oxygen atoms in total. The van der Waals surface area contributed by atoms with Crippen molar-refractivity contribution in [3.63, 3.8) is 0 Å². The van der Waals surface area contributed by atoms with Crippen LogP contribution in [0.15, 0.2) is 0 Å². The molecule has 0 saturated carbocycles. The second-order valence-corrected chi connectivity index (χ2v) is 4.87. The minimum absolute atomic E-state index is 0.613. The van der Waals surface area contributed by atoms with Crippen LogP contribution in [-0.2, 0) is 11.1 Å². The zero-order valence-corrected chi connectivity index (χ0v) is 8.83. The summed E-state index contributed by atoms with van der Waals surface area (Å²) in [6, 6.07) is 0. The van der Waals surface area contributed by atoms with Crippen LogP contribution in [0.1, 0.15) is 20.8 Å². The van der Waals surface area contributed by atoms with Gasteiger partial charge < -0.3 is 4.55 Å². The molecule has 0 saturated heterocycles. The van der Waals surface area contributed by atoms with Gasteiger partial charge in [0.1, 0.15) is 0 Å². The lowest BCUT2D eigenvalue weighted by molar-refractivity contribution is 0.335. The maximum Gasteiger partial charge on any atom is 0.0599 e. The fourth-order valence-corrected chi connectivity index (χ4v) is 1.36. The Morgan fingerprint density at radius 1 is 1.55 bits per heavy atom. The summed E-state index contributed by atoms with van der Waals surface area (Å²) in [6.07, 6.45) is 0. The molecule has 0 fully saturated rings. The smallest absolute Gasteiger partial charge is 0.0599 e. The third kappa shape index (κ3) is 2.87. The van der Waals surface area contributed by atoms with Gasteiger partial charge in [0.2, 0.25) is 0 Å². The minimum Gasteiger partial charge on any atom is -0.772 e. The van der Waals surface area contributed by atoms with Gasteiger partial charge in [-0.2, -0.15) is 0 Å². The molecule has 0 bridgehead atoms. The Hall–Kier alpha value is 0.650. The number of halogens is 2. The molecule has 0 aliphatic heterocycles. The first kappa shape index (κ1) is 11.6. The standard InChI is InChI=1S/C5H11Cl2NO2S/c1-4(11(9)10)5(2,3)8(6)7/h4H,1-3H3,(H,9,10)/p-1. The van der Waals surface area contributed by atoms with Crippen molar-refractivity contribution in [2.24, 2.45) is 0 Å². The maximum atomic E-state index is 10.5. The first-order valence-corrected chi connectivity index (χ1v) is 4.81. The van der Waals surface area contributed by atoms with Gasteiger partial charge >= 0.3 is 0 Å². The van der Waals surface area contributed by atoms with Gasteiger partial charge in [0.15, 0.2) is 0 Å². The Morgan fingerprint density at radius 3 is 2.00 bits per heavy atom. The molecule has 0 aliphatic carbocycles. The highest BCUT2D eigenvalue weighted by Gasteiger charge is 2.32. The molecule has 2 atom stereocenters. The predicted octanol–water partition coefficient (Wildman–Crippen LogP) is 1.64. The van der Waals surface area contributed by atoms with Crippen molar-refractivity contribution in [1.82, 2.24) is 3.94 Å². The van der Waals surface area contributed by atoms with Crippen LogP contribution in [0.4, 0.5) is 0 Å². The first-order valence-electron chi connectivity index (χ1n) is 3.00. The number of nitrogens with zero attached hydrogens (tertiary/aromatic N) is 1. The summed E-state index contributed by atoms with van der Waals surface area (Å²) in [4.78, 5) is 0. The van der Waals surface area contributed by atoms with E-state index in [2.05, 4.69) is 0 Å². The average molecular weight is 219 g/mol. The fraction of sp³-hybridized carbons (Fsp3) is 1.00. The maximum absolute atomic E-state index is 10.5. The Labute approximate surface area is 79.2 Å². The van der Waals surface area contributed by atoms with E-state index in [0.29, 0.717) is 0 Å². The molecular weight excluding hydrogens is 209 g/mol. The van der Waals surface area contributed by atoms with Crippen LogP contribution in [0.5, 0.6) is 0 Å². The summed E-state index contributed by atoms with van der Waals surface area (Å²) in [6.45, 7) is 4.84.